The van der Waals surface area contributed by atoms with Crippen LogP contribution in [0.2, 0.25) is 0 Å². The Kier molecular flexibility index (Phi) is 5.84. The average Bonchev–Trinajstić information content (AvgIpc) is 3.07. The Morgan fingerprint density at radius 1 is 1.04 bits per heavy atom. The van der Waals surface area contributed by atoms with Crippen LogP contribution in [0, 0.1) is 6.92 Å². The van der Waals surface area contributed by atoms with Gasteiger partial charge in [-0.15, -0.1) is 0 Å². The fraction of sp³-hybridized carbons (Fsp3) is 0.238. The molecule has 1 heterocycles. The van der Waals surface area contributed by atoms with Crippen LogP contribution >= 0.6 is 0 Å². The number of hydrogen-bond acceptors (Lipinski definition) is 5. The summed E-state index contributed by atoms with van der Waals surface area (Å²) in [4.78, 5) is 12.5. The molecule has 0 unspecified atom stereocenters. The molecule has 0 atom stereocenters. The molecule has 0 aliphatic heterocycles. The van der Waals surface area contributed by atoms with Crippen molar-refractivity contribution in [2.24, 2.45) is 0 Å². The Hall–Kier alpha value is -3.48. The highest BCUT2D eigenvalue weighted by atomic mass is 16.5. The molecule has 1 amide bonds. The van der Waals surface area contributed by atoms with Gasteiger partial charge in [-0.1, -0.05) is 18.2 Å². The van der Waals surface area contributed by atoms with Gasteiger partial charge in [0.15, 0.2) is 17.3 Å². The summed E-state index contributed by atoms with van der Waals surface area (Å²) in [5, 5.41) is 10.1. The zero-order valence-electron chi connectivity index (χ0n) is 16.3. The van der Waals surface area contributed by atoms with Crippen molar-refractivity contribution in [1.29, 1.82) is 0 Å². The molecule has 2 N–H and O–H groups in total. The Morgan fingerprint density at radius 2 is 1.82 bits per heavy atom. The molecule has 0 fully saturated rings. The smallest absolute Gasteiger partial charge is 0.230 e. The lowest BCUT2D eigenvalue weighted by Gasteiger charge is -2.11. The third-order valence-corrected chi connectivity index (χ3v) is 4.38. The number of carbonyl (C=O) groups excluding carboxylic acids is 1. The van der Waals surface area contributed by atoms with Crippen molar-refractivity contribution in [1.82, 2.24) is 10.2 Å². The first-order valence-electron chi connectivity index (χ1n) is 8.75. The minimum absolute atomic E-state index is 0.165. The topological polar surface area (TPSA) is 85.5 Å². The number of aromatic nitrogens is 2. The number of anilines is 1. The number of hydrogen-bond donors (Lipinski definition) is 2. The second-order valence-electron chi connectivity index (χ2n) is 6.22. The van der Waals surface area contributed by atoms with Crippen LogP contribution in [0.4, 0.5) is 5.82 Å². The number of carbonyl (C=O) groups is 1. The second-order valence-corrected chi connectivity index (χ2v) is 6.22. The number of rotatable bonds is 7. The fourth-order valence-electron chi connectivity index (χ4n) is 3.01. The minimum Gasteiger partial charge on any atom is -0.497 e. The Morgan fingerprint density at radius 3 is 2.54 bits per heavy atom. The lowest BCUT2D eigenvalue weighted by molar-refractivity contribution is -0.115. The first-order chi connectivity index (χ1) is 13.5. The van der Waals surface area contributed by atoms with E-state index in [4.69, 9.17) is 14.2 Å². The molecular weight excluding hydrogens is 358 g/mol. The van der Waals surface area contributed by atoms with Gasteiger partial charge in [-0.3, -0.25) is 9.89 Å². The third kappa shape index (κ3) is 4.09. The van der Waals surface area contributed by atoms with E-state index in [1.54, 1.807) is 21.3 Å². The molecule has 0 bridgehead atoms. The van der Waals surface area contributed by atoms with Crippen molar-refractivity contribution < 1.29 is 19.0 Å². The number of amides is 1. The Labute approximate surface area is 163 Å². The van der Waals surface area contributed by atoms with Gasteiger partial charge >= 0.3 is 0 Å². The van der Waals surface area contributed by atoms with Crippen molar-refractivity contribution in [3.8, 4) is 28.4 Å². The summed E-state index contributed by atoms with van der Waals surface area (Å²) < 4.78 is 15.9. The quantitative estimate of drug-likeness (QED) is 0.653. The van der Waals surface area contributed by atoms with Crippen LogP contribution in [-0.4, -0.2) is 37.4 Å². The minimum atomic E-state index is -0.165. The van der Waals surface area contributed by atoms with E-state index in [0.29, 0.717) is 23.1 Å². The van der Waals surface area contributed by atoms with Gasteiger partial charge in [-0.05, 0) is 42.3 Å². The first kappa shape index (κ1) is 19.3. The van der Waals surface area contributed by atoms with Crippen LogP contribution in [0.5, 0.6) is 17.2 Å². The molecule has 0 aliphatic carbocycles. The molecule has 28 heavy (non-hydrogen) atoms. The average molecular weight is 381 g/mol. The van der Waals surface area contributed by atoms with E-state index >= 15 is 0 Å². The largest absolute Gasteiger partial charge is 0.497 e. The van der Waals surface area contributed by atoms with Gasteiger partial charge in [-0.25, -0.2) is 0 Å². The Bertz CT molecular complexity index is 982. The molecule has 0 saturated carbocycles. The van der Waals surface area contributed by atoms with Gasteiger partial charge in [0, 0.05) is 11.3 Å². The molecule has 2 aromatic carbocycles. The van der Waals surface area contributed by atoms with E-state index in [-0.39, 0.29) is 12.3 Å². The highest BCUT2D eigenvalue weighted by Crippen LogP contribution is 2.36. The van der Waals surface area contributed by atoms with E-state index in [0.717, 1.165) is 22.4 Å². The van der Waals surface area contributed by atoms with Crippen LogP contribution in [-0.2, 0) is 11.2 Å². The molecule has 0 radical (unpaired) electrons. The summed E-state index contributed by atoms with van der Waals surface area (Å²) in [5.41, 5.74) is 3.36. The number of nitrogens with zero attached hydrogens (tertiary/aromatic N) is 1. The van der Waals surface area contributed by atoms with Gasteiger partial charge in [-0.2, -0.15) is 5.10 Å². The number of H-pyrrole nitrogens is 1. The molecule has 0 aliphatic rings. The number of ether oxygens (including phenoxy) is 3. The molecule has 3 aromatic rings. The molecule has 3 rings (SSSR count). The van der Waals surface area contributed by atoms with E-state index < -0.39 is 0 Å². The lowest BCUT2D eigenvalue weighted by Crippen LogP contribution is -2.15. The molecule has 146 valence electrons. The molecule has 1 aromatic heterocycles. The Balaban J connectivity index is 1.84. The van der Waals surface area contributed by atoms with Crippen LogP contribution < -0.4 is 19.5 Å². The van der Waals surface area contributed by atoms with Gasteiger partial charge < -0.3 is 19.5 Å². The summed E-state index contributed by atoms with van der Waals surface area (Å²) in [7, 11) is 4.77. The number of methoxy groups -OCH3 is 3. The van der Waals surface area contributed by atoms with Crippen molar-refractivity contribution in [3.05, 3.63) is 53.7 Å². The second kappa shape index (κ2) is 8.47. The normalized spacial score (nSPS) is 10.4. The fourth-order valence-corrected chi connectivity index (χ4v) is 3.01. The van der Waals surface area contributed by atoms with Crippen LogP contribution in [0.15, 0.2) is 42.5 Å². The standard InChI is InChI=1S/C21H23N3O4/c1-13-20(15-8-9-17(27-3)18(12-15)28-4)21(24-23-13)22-19(25)11-14-6-5-7-16(10-14)26-2/h5-10,12H,11H2,1-4H3,(H2,22,23,24,25). The number of aromatic amines is 1. The van der Waals surface area contributed by atoms with E-state index in [1.807, 2.05) is 49.4 Å². The van der Waals surface area contributed by atoms with Gasteiger partial charge in [0.2, 0.25) is 5.91 Å². The number of aryl methyl sites for hydroxylation is 1. The van der Waals surface area contributed by atoms with Crippen LogP contribution in [0.25, 0.3) is 11.1 Å². The molecule has 7 nitrogen and oxygen atoms in total. The summed E-state index contributed by atoms with van der Waals surface area (Å²) in [6.45, 7) is 1.90. The zero-order valence-corrected chi connectivity index (χ0v) is 16.3. The van der Waals surface area contributed by atoms with Crippen LogP contribution in [0.1, 0.15) is 11.3 Å². The number of nitrogens with one attached hydrogen (secondary N) is 2. The van der Waals surface area contributed by atoms with E-state index in [2.05, 4.69) is 15.5 Å². The van der Waals surface area contributed by atoms with Crippen molar-refractivity contribution in [2.75, 3.05) is 26.6 Å². The predicted molar refractivity (Wildman–Crippen MR) is 107 cm³/mol. The van der Waals surface area contributed by atoms with E-state index in [1.165, 1.54) is 0 Å². The maximum atomic E-state index is 12.5. The highest BCUT2D eigenvalue weighted by molar-refractivity contribution is 5.96. The van der Waals surface area contributed by atoms with Crippen LogP contribution in [0.3, 0.4) is 0 Å². The number of benzene rings is 2. The summed E-state index contributed by atoms with van der Waals surface area (Å²) in [5.74, 6) is 2.26. The highest BCUT2D eigenvalue weighted by Gasteiger charge is 2.17. The molecule has 7 heteroatoms. The van der Waals surface area contributed by atoms with Gasteiger partial charge in [0.25, 0.3) is 0 Å². The van der Waals surface area contributed by atoms with Gasteiger partial charge in [0.1, 0.15) is 5.75 Å². The molecule has 0 spiro atoms. The third-order valence-electron chi connectivity index (χ3n) is 4.38. The maximum Gasteiger partial charge on any atom is 0.230 e. The summed E-state index contributed by atoms with van der Waals surface area (Å²) in [6.07, 6.45) is 0.217. The van der Waals surface area contributed by atoms with Gasteiger partial charge in [0.05, 0.1) is 27.8 Å². The van der Waals surface area contributed by atoms with Crippen molar-refractivity contribution >= 4 is 11.7 Å². The lowest BCUT2D eigenvalue weighted by atomic mass is 10.0. The maximum absolute atomic E-state index is 12.5. The first-order valence-corrected chi connectivity index (χ1v) is 8.75. The molecular formula is C21H23N3O4. The summed E-state index contributed by atoms with van der Waals surface area (Å²) >= 11 is 0. The van der Waals surface area contributed by atoms with E-state index in [9.17, 15) is 4.79 Å². The van der Waals surface area contributed by atoms with Crippen molar-refractivity contribution in [2.45, 2.75) is 13.3 Å². The molecule has 0 saturated heterocycles. The summed E-state index contributed by atoms with van der Waals surface area (Å²) in [6, 6.07) is 13.0. The SMILES string of the molecule is COc1cccc(CC(=O)Nc2n[nH]c(C)c2-c2ccc(OC)c(OC)c2)c1. The monoisotopic (exact) mass is 381 g/mol. The zero-order chi connectivity index (χ0) is 20.1. The van der Waals surface area contributed by atoms with Crippen molar-refractivity contribution in [3.63, 3.8) is 0 Å². The predicted octanol–water partition coefficient (Wildman–Crippen LogP) is 3.59.